The summed E-state index contributed by atoms with van der Waals surface area (Å²) in [5.41, 5.74) is 0.455. The highest BCUT2D eigenvalue weighted by molar-refractivity contribution is 5.76. The Morgan fingerprint density at radius 2 is 1.96 bits per heavy atom. The van der Waals surface area contributed by atoms with E-state index in [0.717, 1.165) is 49.1 Å². The highest BCUT2D eigenvalue weighted by atomic mass is 19.4. The predicted octanol–water partition coefficient (Wildman–Crippen LogP) is 3.64. The molecule has 1 aliphatic heterocycles. The van der Waals surface area contributed by atoms with E-state index in [-0.39, 0.29) is 5.92 Å². The fourth-order valence-electron chi connectivity index (χ4n) is 4.68. The lowest BCUT2D eigenvalue weighted by atomic mass is 9.81. The van der Waals surface area contributed by atoms with Crippen LogP contribution in [0, 0.1) is 11.3 Å². The number of nitrogens with zero attached hydrogens (tertiary/aromatic N) is 3. The number of carbonyl (C=O) groups is 1. The molecule has 2 aliphatic rings. The zero-order valence-electron chi connectivity index (χ0n) is 15.3. The Bertz CT molecular complexity index is 862. The van der Waals surface area contributed by atoms with Gasteiger partial charge in [0, 0.05) is 31.4 Å². The van der Waals surface area contributed by atoms with Crippen molar-refractivity contribution in [3.05, 3.63) is 53.3 Å². The highest BCUT2D eigenvalue weighted by Crippen LogP contribution is 2.49. The van der Waals surface area contributed by atoms with Gasteiger partial charge in [-0.3, -0.25) is 14.4 Å². The molecular weight excluding hydrogens is 371 g/mol. The molecule has 1 aromatic heterocycles. The highest BCUT2D eigenvalue weighted by Gasteiger charge is 2.54. The minimum absolute atomic E-state index is 0.215. The van der Waals surface area contributed by atoms with E-state index in [2.05, 4.69) is 10.00 Å². The SMILES string of the molecule is O=C(O)[C@@]12CCC[C@H]1CN(Cc1cnn(Cc3ccc(C(F)(F)F)cc3)c1)C2. The van der Waals surface area contributed by atoms with Gasteiger partial charge in [0.2, 0.25) is 0 Å². The van der Waals surface area contributed by atoms with Crippen LogP contribution in [0.1, 0.15) is 36.0 Å². The summed E-state index contributed by atoms with van der Waals surface area (Å²) in [5, 5.41) is 14.0. The molecule has 28 heavy (non-hydrogen) atoms. The standard InChI is InChI=1S/C20H22F3N3O2/c21-20(22,23)16-5-3-14(4-6-16)10-26-11-15(8-24-26)9-25-12-17-2-1-7-19(17,13-25)18(27)28/h3-6,8,11,17H,1-2,7,9-10,12-13H2,(H,27,28)/t17-,19+/m0/s1. The number of likely N-dealkylation sites (tertiary alicyclic amines) is 1. The van der Waals surface area contributed by atoms with Gasteiger partial charge >= 0.3 is 12.1 Å². The summed E-state index contributed by atoms with van der Waals surface area (Å²) in [5.74, 6) is -0.470. The van der Waals surface area contributed by atoms with Gasteiger partial charge in [-0.2, -0.15) is 18.3 Å². The molecular formula is C20H22F3N3O2. The summed E-state index contributed by atoms with van der Waals surface area (Å²) in [4.78, 5) is 14.0. The number of fused-ring (bicyclic) bond motifs is 1. The maximum atomic E-state index is 12.6. The zero-order valence-corrected chi connectivity index (χ0v) is 15.3. The minimum Gasteiger partial charge on any atom is -0.481 e. The molecule has 8 heteroatoms. The van der Waals surface area contributed by atoms with Crippen LogP contribution in [0.4, 0.5) is 13.2 Å². The molecule has 1 N–H and O–H groups in total. The topological polar surface area (TPSA) is 58.4 Å². The van der Waals surface area contributed by atoms with Gasteiger partial charge in [-0.1, -0.05) is 18.6 Å². The first kappa shape index (κ1) is 19.0. The Kier molecular flexibility index (Phi) is 4.69. The van der Waals surface area contributed by atoms with Crippen LogP contribution in [0.3, 0.4) is 0 Å². The van der Waals surface area contributed by atoms with E-state index >= 15 is 0 Å². The molecule has 1 saturated carbocycles. The summed E-state index contributed by atoms with van der Waals surface area (Å²) >= 11 is 0. The number of carboxylic acid groups (broad SMARTS) is 1. The Labute approximate surface area is 160 Å². The quantitative estimate of drug-likeness (QED) is 0.843. The molecule has 0 unspecified atom stereocenters. The van der Waals surface area contributed by atoms with Gasteiger partial charge in [0.05, 0.1) is 23.7 Å². The molecule has 0 amide bonds. The summed E-state index contributed by atoms with van der Waals surface area (Å²) in [6.07, 6.45) is 1.98. The third-order valence-corrected chi connectivity index (χ3v) is 6.09. The Balaban J connectivity index is 1.38. The lowest BCUT2D eigenvalue weighted by Gasteiger charge is -2.23. The molecule has 2 heterocycles. The maximum Gasteiger partial charge on any atom is 0.416 e. The molecule has 2 atom stereocenters. The van der Waals surface area contributed by atoms with Crippen LogP contribution in [0.25, 0.3) is 0 Å². The molecule has 0 radical (unpaired) electrons. The van der Waals surface area contributed by atoms with E-state index in [1.807, 2.05) is 6.20 Å². The molecule has 1 aromatic carbocycles. The summed E-state index contributed by atoms with van der Waals surface area (Å²) in [6, 6.07) is 5.08. The van der Waals surface area contributed by atoms with Crippen molar-refractivity contribution >= 4 is 5.97 Å². The van der Waals surface area contributed by atoms with Crippen molar-refractivity contribution in [2.45, 2.75) is 38.5 Å². The number of hydrogen-bond acceptors (Lipinski definition) is 3. The normalized spacial score (nSPS) is 25.2. The van der Waals surface area contributed by atoms with Gasteiger partial charge in [-0.25, -0.2) is 0 Å². The van der Waals surface area contributed by atoms with Gasteiger partial charge in [0.25, 0.3) is 0 Å². The Morgan fingerprint density at radius 3 is 2.61 bits per heavy atom. The number of halogens is 3. The van der Waals surface area contributed by atoms with E-state index in [1.54, 1.807) is 10.9 Å². The number of rotatable bonds is 5. The van der Waals surface area contributed by atoms with Crippen LogP contribution in [-0.2, 0) is 24.1 Å². The molecule has 2 fully saturated rings. The largest absolute Gasteiger partial charge is 0.481 e. The molecule has 4 rings (SSSR count). The van der Waals surface area contributed by atoms with Crippen molar-refractivity contribution in [3.63, 3.8) is 0 Å². The second-order valence-electron chi connectivity index (χ2n) is 7.96. The predicted molar refractivity (Wildman–Crippen MR) is 95.5 cm³/mol. The van der Waals surface area contributed by atoms with Gasteiger partial charge in [-0.05, 0) is 36.5 Å². The van der Waals surface area contributed by atoms with Crippen LogP contribution in [-0.4, -0.2) is 38.8 Å². The summed E-state index contributed by atoms with van der Waals surface area (Å²) in [7, 11) is 0. The fourth-order valence-corrected chi connectivity index (χ4v) is 4.68. The number of aliphatic carboxylic acids is 1. The van der Waals surface area contributed by atoms with Crippen molar-refractivity contribution in [2.75, 3.05) is 13.1 Å². The molecule has 150 valence electrons. The van der Waals surface area contributed by atoms with Gasteiger partial charge in [0.15, 0.2) is 0 Å². The number of carboxylic acids is 1. The number of hydrogen-bond donors (Lipinski definition) is 1. The van der Waals surface area contributed by atoms with Gasteiger partial charge in [-0.15, -0.1) is 0 Å². The van der Waals surface area contributed by atoms with Crippen molar-refractivity contribution in [1.29, 1.82) is 0 Å². The van der Waals surface area contributed by atoms with Crippen LogP contribution < -0.4 is 0 Å². The smallest absolute Gasteiger partial charge is 0.416 e. The third-order valence-electron chi connectivity index (χ3n) is 6.09. The van der Waals surface area contributed by atoms with Crippen LogP contribution in [0.2, 0.25) is 0 Å². The third kappa shape index (κ3) is 3.53. The van der Waals surface area contributed by atoms with Crippen molar-refractivity contribution in [1.82, 2.24) is 14.7 Å². The second kappa shape index (κ2) is 6.92. The lowest BCUT2D eigenvalue weighted by molar-refractivity contribution is -0.149. The van der Waals surface area contributed by atoms with E-state index in [0.29, 0.717) is 19.6 Å². The van der Waals surface area contributed by atoms with Crippen molar-refractivity contribution in [2.24, 2.45) is 11.3 Å². The molecule has 1 aliphatic carbocycles. The monoisotopic (exact) mass is 393 g/mol. The molecule has 0 spiro atoms. The molecule has 0 bridgehead atoms. The van der Waals surface area contributed by atoms with Crippen LogP contribution >= 0.6 is 0 Å². The summed E-state index contributed by atoms with van der Waals surface area (Å²) < 4.78 is 39.6. The first-order valence-corrected chi connectivity index (χ1v) is 9.39. The zero-order chi connectivity index (χ0) is 19.9. The molecule has 1 saturated heterocycles. The number of aromatic nitrogens is 2. The van der Waals surface area contributed by atoms with Crippen molar-refractivity contribution in [3.8, 4) is 0 Å². The van der Waals surface area contributed by atoms with Gasteiger partial charge < -0.3 is 5.11 Å². The number of benzene rings is 1. The van der Waals surface area contributed by atoms with E-state index in [9.17, 15) is 23.1 Å². The van der Waals surface area contributed by atoms with E-state index < -0.39 is 23.1 Å². The van der Waals surface area contributed by atoms with Gasteiger partial charge in [0.1, 0.15) is 0 Å². The summed E-state index contributed by atoms with van der Waals surface area (Å²) in [6.45, 7) is 2.38. The average molecular weight is 393 g/mol. The first-order chi connectivity index (χ1) is 13.3. The lowest BCUT2D eigenvalue weighted by Crippen LogP contribution is -2.35. The Morgan fingerprint density at radius 1 is 1.21 bits per heavy atom. The van der Waals surface area contributed by atoms with Crippen molar-refractivity contribution < 1.29 is 23.1 Å². The first-order valence-electron chi connectivity index (χ1n) is 9.39. The van der Waals surface area contributed by atoms with E-state index in [1.165, 1.54) is 12.1 Å². The van der Waals surface area contributed by atoms with E-state index in [4.69, 9.17) is 0 Å². The number of alkyl halides is 3. The Hall–Kier alpha value is -2.35. The molecule has 5 nitrogen and oxygen atoms in total. The van der Waals surface area contributed by atoms with Crippen LogP contribution in [0.15, 0.2) is 36.7 Å². The second-order valence-corrected chi connectivity index (χ2v) is 7.96. The fraction of sp³-hybridized carbons (Fsp3) is 0.500. The minimum atomic E-state index is -4.33. The molecule has 2 aromatic rings. The maximum absolute atomic E-state index is 12.6. The average Bonchev–Trinajstić information content (AvgIpc) is 3.29. The van der Waals surface area contributed by atoms with Crippen LogP contribution in [0.5, 0.6) is 0 Å².